The molecule has 1 aromatic carbocycles. The minimum atomic E-state index is -2.91. The summed E-state index contributed by atoms with van der Waals surface area (Å²) in [5.74, 6) is 7.14. The Balaban J connectivity index is 1.97. The molecule has 0 saturated heterocycles. The highest BCUT2D eigenvalue weighted by atomic mass is 32.2. The van der Waals surface area contributed by atoms with Gasteiger partial charge in [0.1, 0.15) is 15.6 Å². The van der Waals surface area contributed by atoms with Gasteiger partial charge >= 0.3 is 0 Å². The lowest BCUT2D eigenvalue weighted by molar-refractivity contribution is 0.292. The number of benzene rings is 1. The lowest BCUT2D eigenvalue weighted by Gasteiger charge is -2.21. The number of rotatable bonds is 7. The van der Waals surface area contributed by atoms with E-state index in [0.717, 1.165) is 17.7 Å². The van der Waals surface area contributed by atoms with Crippen LogP contribution in [0.3, 0.4) is 0 Å². The molecule has 0 amide bonds. The number of nitrogens with one attached hydrogen (secondary N) is 1. The highest BCUT2D eigenvalue weighted by Gasteiger charge is 2.30. The first-order valence-electron chi connectivity index (χ1n) is 6.95. The van der Waals surface area contributed by atoms with Gasteiger partial charge < -0.3 is 4.74 Å². The van der Waals surface area contributed by atoms with E-state index in [1.165, 1.54) is 0 Å². The van der Waals surface area contributed by atoms with E-state index in [1.54, 1.807) is 6.92 Å². The second-order valence-electron chi connectivity index (χ2n) is 5.11. The van der Waals surface area contributed by atoms with Crippen molar-refractivity contribution in [3.05, 3.63) is 29.8 Å². The van der Waals surface area contributed by atoms with Gasteiger partial charge in [-0.05, 0) is 18.9 Å². The first kappa shape index (κ1) is 15.3. The maximum absolute atomic E-state index is 11.5. The van der Waals surface area contributed by atoms with Crippen molar-refractivity contribution in [3.63, 3.8) is 0 Å². The van der Waals surface area contributed by atoms with Crippen molar-refractivity contribution in [2.75, 3.05) is 18.1 Å². The number of fused-ring (bicyclic) bond motifs is 1. The summed E-state index contributed by atoms with van der Waals surface area (Å²) in [5, 5.41) is 0. The van der Waals surface area contributed by atoms with Gasteiger partial charge in [0, 0.05) is 23.3 Å². The van der Waals surface area contributed by atoms with E-state index in [0.29, 0.717) is 13.0 Å². The predicted molar refractivity (Wildman–Crippen MR) is 79.4 cm³/mol. The first-order chi connectivity index (χ1) is 9.57. The Kier molecular flexibility index (Phi) is 5.01. The van der Waals surface area contributed by atoms with Crippen LogP contribution in [0.1, 0.15) is 31.2 Å². The molecule has 2 atom stereocenters. The summed E-state index contributed by atoms with van der Waals surface area (Å²) in [7, 11) is -2.91. The predicted octanol–water partition coefficient (Wildman–Crippen LogP) is 1.21. The molecule has 0 radical (unpaired) electrons. The highest BCUT2D eigenvalue weighted by molar-refractivity contribution is 7.91. The molecular weight excluding hydrogens is 276 g/mol. The van der Waals surface area contributed by atoms with Crippen LogP contribution in [0.25, 0.3) is 0 Å². The van der Waals surface area contributed by atoms with Crippen molar-refractivity contribution < 1.29 is 13.2 Å². The molecule has 20 heavy (non-hydrogen) atoms. The summed E-state index contributed by atoms with van der Waals surface area (Å²) < 4.78 is 28.7. The summed E-state index contributed by atoms with van der Waals surface area (Å²) in [6.07, 6.45) is 1.34. The molecule has 6 heteroatoms. The van der Waals surface area contributed by atoms with E-state index in [9.17, 15) is 8.42 Å². The van der Waals surface area contributed by atoms with Gasteiger partial charge in [0.2, 0.25) is 0 Å². The van der Waals surface area contributed by atoms with Crippen molar-refractivity contribution in [1.29, 1.82) is 0 Å². The van der Waals surface area contributed by atoms with Crippen LogP contribution in [0.5, 0.6) is 5.75 Å². The standard InChI is InChI=1S/C14H22N2O3S/c1-2-20(17,18)9-5-7-13(16-15)12-10-19-14-8-4-3-6-11(12)14/h3-4,6,8,12-13,16H,2,5,7,9-10,15H2,1H3. The van der Waals surface area contributed by atoms with Crippen LogP contribution in [0.4, 0.5) is 0 Å². The molecule has 0 saturated carbocycles. The Morgan fingerprint density at radius 3 is 2.90 bits per heavy atom. The van der Waals surface area contributed by atoms with Gasteiger partial charge in [-0.25, -0.2) is 8.42 Å². The summed E-state index contributed by atoms with van der Waals surface area (Å²) in [6.45, 7) is 2.27. The normalized spacial score (nSPS) is 19.4. The largest absolute Gasteiger partial charge is 0.493 e. The van der Waals surface area contributed by atoms with Crippen LogP contribution in [0.2, 0.25) is 0 Å². The van der Waals surface area contributed by atoms with Crippen LogP contribution in [-0.4, -0.2) is 32.6 Å². The molecule has 3 N–H and O–H groups in total. The van der Waals surface area contributed by atoms with Crippen LogP contribution < -0.4 is 16.0 Å². The van der Waals surface area contributed by atoms with E-state index in [1.807, 2.05) is 24.3 Å². The Hall–Kier alpha value is -1.11. The Morgan fingerprint density at radius 2 is 2.20 bits per heavy atom. The molecule has 0 spiro atoms. The van der Waals surface area contributed by atoms with Gasteiger partial charge in [-0.1, -0.05) is 25.1 Å². The lowest BCUT2D eigenvalue weighted by atomic mass is 9.91. The number of nitrogens with two attached hydrogens (primary N) is 1. The van der Waals surface area contributed by atoms with Crippen LogP contribution in [0, 0.1) is 0 Å². The van der Waals surface area contributed by atoms with Crippen molar-refractivity contribution in [2.24, 2.45) is 5.84 Å². The molecule has 1 aliphatic heterocycles. The van der Waals surface area contributed by atoms with Gasteiger partial charge in [-0.2, -0.15) is 0 Å². The molecule has 5 nitrogen and oxygen atoms in total. The summed E-state index contributed by atoms with van der Waals surface area (Å²) in [5.41, 5.74) is 3.96. The van der Waals surface area contributed by atoms with E-state index in [2.05, 4.69) is 5.43 Å². The molecule has 1 heterocycles. The number of para-hydroxylation sites is 1. The minimum absolute atomic E-state index is 0.0331. The molecule has 2 unspecified atom stereocenters. The smallest absolute Gasteiger partial charge is 0.150 e. The average molecular weight is 298 g/mol. The Morgan fingerprint density at radius 1 is 1.45 bits per heavy atom. The molecule has 1 aromatic rings. The summed E-state index contributed by atoms with van der Waals surface area (Å²) in [6, 6.07) is 7.95. The van der Waals surface area contributed by atoms with Crippen molar-refractivity contribution in [2.45, 2.75) is 31.7 Å². The van der Waals surface area contributed by atoms with Gasteiger partial charge in [0.05, 0.1) is 12.4 Å². The average Bonchev–Trinajstić information content (AvgIpc) is 2.87. The third-order valence-electron chi connectivity index (χ3n) is 3.85. The number of hydrogen-bond donors (Lipinski definition) is 2. The molecule has 0 fully saturated rings. The quantitative estimate of drug-likeness (QED) is 0.584. The maximum atomic E-state index is 11.5. The summed E-state index contributed by atoms with van der Waals surface area (Å²) in [4.78, 5) is 0. The Bertz CT molecular complexity index is 545. The van der Waals surface area contributed by atoms with Crippen LogP contribution in [-0.2, 0) is 9.84 Å². The zero-order valence-electron chi connectivity index (χ0n) is 11.7. The molecule has 0 aromatic heterocycles. The zero-order chi connectivity index (χ0) is 14.6. The topological polar surface area (TPSA) is 81.4 Å². The second kappa shape index (κ2) is 6.56. The molecular formula is C14H22N2O3S. The van der Waals surface area contributed by atoms with Crippen molar-refractivity contribution in [3.8, 4) is 5.75 Å². The summed E-state index contributed by atoms with van der Waals surface area (Å²) >= 11 is 0. The van der Waals surface area contributed by atoms with Crippen molar-refractivity contribution in [1.82, 2.24) is 5.43 Å². The van der Waals surface area contributed by atoms with Crippen LogP contribution in [0.15, 0.2) is 24.3 Å². The third-order valence-corrected chi connectivity index (χ3v) is 5.64. The number of hydrazine groups is 1. The fourth-order valence-corrected chi connectivity index (χ4v) is 3.48. The molecule has 112 valence electrons. The maximum Gasteiger partial charge on any atom is 0.150 e. The Labute approximate surface area is 120 Å². The molecule has 0 bridgehead atoms. The van der Waals surface area contributed by atoms with Gasteiger partial charge in [-0.3, -0.25) is 11.3 Å². The zero-order valence-corrected chi connectivity index (χ0v) is 12.5. The first-order valence-corrected chi connectivity index (χ1v) is 8.78. The molecule has 0 aliphatic carbocycles. The highest BCUT2D eigenvalue weighted by Crippen LogP contribution is 2.36. The van der Waals surface area contributed by atoms with Gasteiger partial charge in [0.25, 0.3) is 0 Å². The number of hydrogen-bond acceptors (Lipinski definition) is 5. The fourth-order valence-electron chi connectivity index (χ4n) is 2.59. The van der Waals surface area contributed by atoms with Crippen molar-refractivity contribution >= 4 is 9.84 Å². The van der Waals surface area contributed by atoms with E-state index < -0.39 is 9.84 Å². The van der Waals surface area contributed by atoms with Gasteiger partial charge in [-0.15, -0.1) is 0 Å². The van der Waals surface area contributed by atoms with E-state index >= 15 is 0 Å². The number of sulfone groups is 1. The molecule has 1 aliphatic rings. The van der Waals surface area contributed by atoms with E-state index in [-0.39, 0.29) is 23.5 Å². The molecule has 2 rings (SSSR count). The number of ether oxygens (including phenoxy) is 1. The minimum Gasteiger partial charge on any atom is -0.493 e. The monoisotopic (exact) mass is 298 g/mol. The SMILES string of the molecule is CCS(=O)(=O)CCCC(NN)C1COc2ccccc21. The second-order valence-corrected chi connectivity index (χ2v) is 7.58. The van der Waals surface area contributed by atoms with Crippen LogP contribution >= 0.6 is 0 Å². The van der Waals surface area contributed by atoms with Gasteiger partial charge in [0.15, 0.2) is 0 Å². The fraction of sp³-hybridized carbons (Fsp3) is 0.571. The lowest BCUT2D eigenvalue weighted by Crippen LogP contribution is -2.40. The van der Waals surface area contributed by atoms with E-state index in [4.69, 9.17) is 10.6 Å². The third kappa shape index (κ3) is 3.50.